The smallest absolute Gasteiger partial charge is 0.306 e. The average Bonchev–Trinajstić information content (AvgIpc) is 2.73. The van der Waals surface area contributed by atoms with Crippen LogP contribution >= 0.6 is 0 Å². The number of unbranched alkanes of at least 4 members (excludes halogenated alkanes) is 14. The SMILES string of the molecule is CCCCCCCCCCCCCCCCCC(=O)OC(C)C(=O)NCCCN(C)C. The number of amides is 1. The Labute approximate surface area is 193 Å². The van der Waals surface area contributed by atoms with Gasteiger partial charge in [-0.15, -0.1) is 0 Å². The molecule has 0 radical (unpaired) electrons. The highest BCUT2D eigenvalue weighted by molar-refractivity contribution is 5.83. The highest BCUT2D eigenvalue weighted by Gasteiger charge is 2.16. The number of esters is 1. The first kappa shape index (κ1) is 29.9. The third-order valence-electron chi connectivity index (χ3n) is 5.74. The summed E-state index contributed by atoms with van der Waals surface area (Å²) in [7, 11) is 4.01. The van der Waals surface area contributed by atoms with E-state index in [2.05, 4.69) is 17.1 Å². The molecule has 5 nitrogen and oxygen atoms in total. The molecular weight excluding hydrogens is 388 g/mol. The van der Waals surface area contributed by atoms with Gasteiger partial charge in [-0.3, -0.25) is 9.59 Å². The molecule has 184 valence electrons. The third kappa shape index (κ3) is 21.9. The van der Waals surface area contributed by atoms with Gasteiger partial charge in [-0.1, -0.05) is 96.8 Å². The van der Waals surface area contributed by atoms with Crippen molar-refractivity contribution < 1.29 is 14.3 Å². The summed E-state index contributed by atoms with van der Waals surface area (Å²) in [6, 6.07) is 0. The second-order valence-corrected chi connectivity index (χ2v) is 9.28. The Morgan fingerprint density at radius 1 is 0.742 bits per heavy atom. The van der Waals surface area contributed by atoms with Gasteiger partial charge >= 0.3 is 5.97 Å². The molecule has 0 rings (SSSR count). The van der Waals surface area contributed by atoms with Gasteiger partial charge < -0.3 is 15.0 Å². The van der Waals surface area contributed by atoms with Gasteiger partial charge in [0.25, 0.3) is 5.91 Å². The van der Waals surface area contributed by atoms with Crippen LogP contribution in [-0.4, -0.2) is 50.1 Å². The van der Waals surface area contributed by atoms with Crippen LogP contribution in [-0.2, 0) is 14.3 Å². The van der Waals surface area contributed by atoms with E-state index in [4.69, 9.17) is 4.74 Å². The maximum atomic E-state index is 11.9. The number of hydrogen-bond donors (Lipinski definition) is 1. The van der Waals surface area contributed by atoms with Crippen molar-refractivity contribution in [1.82, 2.24) is 10.2 Å². The van der Waals surface area contributed by atoms with Crippen molar-refractivity contribution in [2.45, 2.75) is 129 Å². The molecule has 1 amide bonds. The highest BCUT2D eigenvalue weighted by atomic mass is 16.5. The molecule has 0 heterocycles. The topological polar surface area (TPSA) is 58.6 Å². The summed E-state index contributed by atoms with van der Waals surface area (Å²) in [4.78, 5) is 25.9. The summed E-state index contributed by atoms with van der Waals surface area (Å²) in [5, 5.41) is 2.82. The Morgan fingerprint density at radius 2 is 1.19 bits per heavy atom. The second-order valence-electron chi connectivity index (χ2n) is 9.28. The number of rotatable bonds is 22. The first-order chi connectivity index (χ1) is 15.0. The Bertz CT molecular complexity index is 427. The predicted molar refractivity (Wildman–Crippen MR) is 131 cm³/mol. The molecule has 1 atom stereocenters. The molecule has 1 unspecified atom stereocenters. The molecule has 0 spiro atoms. The van der Waals surface area contributed by atoms with Crippen molar-refractivity contribution in [3.63, 3.8) is 0 Å². The highest BCUT2D eigenvalue weighted by Crippen LogP contribution is 2.14. The van der Waals surface area contributed by atoms with Crippen LogP contribution in [0, 0.1) is 0 Å². The van der Waals surface area contributed by atoms with E-state index < -0.39 is 6.10 Å². The van der Waals surface area contributed by atoms with Crippen LogP contribution in [0.3, 0.4) is 0 Å². The lowest BCUT2D eigenvalue weighted by Gasteiger charge is -2.14. The van der Waals surface area contributed by atoms with E-state index >= 15 is 0 Å². The Morgan fingerprint density at radius 3 is 1.65 bits per heavy atom. The Hall–Kier alpha value is -1.10. The van der Waals surface area contributed by atoms with E-state index in [1.165, 1.54) is 83.5 Å². The first-order valence-corrected chi connectivity index (χ1v) is 13.1. The third-order valence-corrected chi connectivity index (χ3v) is 5.74. The standard InChI is InChI=1S/C26H52N2O3/c1-5-6-7-8-9-10-11-12-13-14-15-16-17-18-19-21-25(29)31-24(2)26(30)27-22-20-23-28(3)4/h24H,5-23H2,1-4H3,(H,27,30). The van der Waals surface area contributed by atoms with Crippen LogP contribution in [0.1, 0.15) is 123 Å². The minimum absolute atomic E-state index is 0.205. The van der Waals surface area contributed by atoms with Crippen molar-refractivity contribution in [2.75, 3.05) is 27.2 Å². The van der Waals surface area contributed by atoms with Crippen LogP contribution in [0.2, 0.25) is 0 Å². The molecule has 1 N–H and O–H groups in total. The van der Waals surface area contributed by atoms with Gasteiger partial charge in [-0.05, 0) is 40.4 Å². The van der Waals surface area contributed by atoms with Crippen molar-refractivity contribution in [2.24, 2.45) is 0 Å². The molecule has 0 aliphatic rings. The Kier molecular flexibility index (Phi) is 21.3. The summed E-state index contributed by atoms with van der Waals surface area (Å²) in [5.74, 6) is -0.464. The van der Waals surface area contributed by atoms with E-state index in [1.807, 2.05) is 14.1 Å². The minimum Gasteiger partial charge on any atom is -0.453 e. The number of carbonyl (C=O) groups excluding carboxylic acids is 2. The normalized spacial score (nSPS) is 12.2. The van der Waals surface area contributed by atoms with Gasteiger partial charge in [0.1, 0.15) is 0 Å². The molecule has 0 aliphatic heterocycles. The summed E-state index contributed by atoms with van der Waals surface area (Å²) in [5.41, 5.74) is 0. The lowest BCUT2D eigenvalue weighted by atomic mass is 10.0. The van der Waals surface area contributed by atoms with Crippen LogP contribution in [0.4, 0.5) is 0 Å². The molecule has 0 bridgehead atoms. The zero-order valence-corrected chi connectivity index (χ0v) is 21.2. The molecule has 0 aromatic heterocycles. The van der Waals surface area contributed by atoms with Gasteiger partial charge in [0.05, 0.1) is 0 Å². The molecule has 0 saturated carbocycles. The van der Waals surface area contributed by atoms with Crippen molar-refractivity contribution in [1.29, 1.82) is 0 Å². The van der Waals surface area contributed by atoms with E-state index in [0.717, 1.165) is 25.8 Å². The monoisotopic (exact) mass is 440 g/mol. The quantitative estimate of drug-likeness (QED) is 0.160. The van der Waals surface area contributed by atoms with Crippen molar-refractivity contribution in [3.8, 4) is 0 Å². The van der Waals surface area contributed by atoms with E-state index in [9.17, 15) is 9.59 Å². The zero-order chi connectivity index (χ0) is 23.2. The lowest BCUT2D eigenvalue weighted by molar-refractivity contribution is -0.154. The fourth-order valence-corrected chi connectivity index (χ4v) is 3.70. The number of nitrogens with zero attached hydrogens (tertiary/aromatic N) is 1. The number of hydrogen-bond acceptors (Lipinski definition) is 4. The van der Waals surface area contributed by atoms with Crippen LogP contribution < -0.4 is 5.32 Å². The number of carbonyl (C=O) groups is 2. The molecule has 0 aromatic rings. The lowest BCUT2D eigenvalue weighted by Crippen LogP contribution is -2.37. The number of ether oxygens (including phenoxy) is 1. The van der Waals surface area contributed by atoms with E-state index in [-0.39, 0.29) is 11.9 Å². The van der Waals surface area contributed by atoms with Gasteiger partial charge in [0.2, 0.25) is 0 Å². The zero-order valence-electron chi connectivity index (χ0n) is 21.2. The fourth-order valence-electron chi connectivity index (χ4n) is 3.70. The molecule has 31 heavy (non-hydrogen) atoms. The second kappa shape index (κ2) is 22.1. The van der Waals surface area contributed by atoms with E-state index in [1.54, 1.807) is 6.92 Å². The minimum atomic E-state index is -0.705. The summed E-state index contributed by atoms with van der Waals surface area (Å²) < 4.78 is 5.25. The molecular formula is C26H52N2O3. The molecule has 5 heteroatoms. The summed E-state index contributed by atoms with van der Waals surface area (Å²) in [6.45, 7) is 5.45. The van der Waals surface area contributed by atoms with Gasteiger partial charge in [0.15, 0.2) is 6.10 Å². The molecule has 0 aromatic carbocycles. The number of nitrogens with one attached hydrogen (secondary N) is 1. The predicted octanol–water partition coefficient (Wildman–Crippen LogP) is 6.25. The summed E-state index contributed by atoms with van der Waals surface area (Å²) in [6.07, 6.45) is 20.2. The fraction of sp³-hybridized carbons (Fsp3) is 0.923. The maximum Gasteiger partial charge on any atom is 0.306 e. The van der Waals surface area contributed by atoms with Gasteiger partial charge in [-0.25, -0.2) is 0 Å². The Balaban J connectivity index is 3.41. The average molecular weight is 441 g/mol. The van der Waals surface area contributed by atoms with Crippen LogP contribution in [0.5, 0.6) is 0 Å². The first-order valence-electron chi connectivity index (χ1n) is 13.1. The van der Waals surface area contributed by atoms with Gasteiger partial charge in [-0.2, -0.15) is 0 Å². The van der Waals surface area contributed by atoms with Crippen LogP contribution in [0.15, 0.2) is 0 Å². The maximum absolute atomic E-state index is 11.9. The van der Waals surface area contributed by atoms with Crippen molar-refractivity contribution >= 4 is 11.9 Å². The van der Waals surface area contributed by atoms with Crippen molar-refractivity contribution in [3.05, 3.63) is 0 Å². The molecule has 0 fully saturated rings. The largest absolute Gasteiger partial charge is 0.453 e. The van der Waals surface area contributed by atoms with Gasteiger partial charge in [0, 0.05) is 13.0 Å². The van der Waals surface area contributed by atoms with E-state index in [0.29, 0.717) is 13.0 Å². The molecule has 0 aliphatic carbocycles. The van der Waals surface area contributed by atoms with Crippen LogP contribution in [0.25, 0.3) is 0 Å². The molecule has 0 saturated heterocycles. The summed E-state index contributed by atoms with van der Waals surface area (Å²) >= 11 is 0.